The van der Waals surface area contributed by atoms with Crippen LogP contribution in [0, 0.1) is 0 Å². The van der Waals surface area contributed by atoms with Gasteiger partial charge in [-0.05, 0) is 86.8 Å². The first-order valence-electron chi connectivity index (χ1n) is 12.4. The van der Waals surface area contributed by atoms with Gasteiger partial charge in [-0.15, -0.1) is 0 Å². The molecular formula is C30H33NO6S2. The minimum absolute atomic E-state index is 0.180. The summed E-state index contributed by atoms with van der Waals surface area (Å²) in [7, 11) is -6.78. The summed E-state index contributed by atoms with van der Waals surface area (Å²) in [5.41, 5.74) is 2.21. The molecule has 0 saturated carbocycles. The highest BCUT2D eigenvalue weighted by atomic mass is 32.2. The number of benzene rings is 3. The van der Waals surface area contributed by atoms with Crippen LogP contribution in [0.2, 0.25) is 0 Å². The molecule has 206 valence electrons. The van der Waals surface area contributed by atoms with Crippen LogP contribution in [-0.4, -0.2) is 45.0 Å². The maximum atomic E-state index is 12.6. The molecule has 1 atom stereocenters. The van der Waals surface area contributed by atoms with Crippen molar-refractivity contribution in [2.75, 3.05) is 12.5 Å². The zero-order valence-corrected chi connectivity index (χ0v) is 24.5. The van der Waals surface area contributed by atoms with E-state index < -0.39 is 36.1 Å². The van der Waals surface area contributed by atoms with Crippen molar-refractivity contribution in [3.05, 3.63) is 90.1 Å². The number of hydrogen-bond acceptors (Lipinski definition) is 7. The number of fused-ring (bicyclic) bond motifs is 1. The molecule has 3 aromatic carbocycles. The largest absolute Gasteiger partial charge is 0.483 e. The van der Waals surface area contributed by atoms with Crippen LogP contribution in [0.25, 0.3) is 22.0 Å². The average molecular weight is 568 g/mol. The van der Waals surface area contributed by atoms with Crippen LogP contribution in [-0.2, 0) is 24.4 Å². The fourth-order valence-corrected chi connectivity index (χ4v) is 5.53. The van der Waals surface area contributed by atoms with Crippen molar-refractivity contribution in [1.29, 1.82) is 0 Å². The highest BCUT2D eigenvalue weighted by Crippen LogP contribution is 2.38. The summed E-state index contributed by atoms with van der Waals surface area (Å²) in [4.78, 5) is 4.75. The number of pyridine rings is 1. The Morgan fingerprint density at radius 3 is 2.10 bits per heavy atom. The van der Waals surface area contributed by atoms with Crippen LogP contribution >= 0.6 is 0 Å². The number of sulfone groups is 2. The minimum Gasteiger partial charge on any atom is -0.483 e. The molecule has 0 spiro atoms. The molecule has 0 bridgehead atoms. The Morgan fingerprint density at radius 1 is 0.846 bits per heavy atom. The van der Waals surface area contributed by atoms with E-state index in [4.69, 9.17) is 4.74 Å². The van der Waals surface area contributed by atoms with E-state index in [1.54, 1.807) is 52.1 Å². The number of aliphatic hydroxyl groups is 1. The SMILES string of the molecule is CC(C)(O)C(Oc1cccc(-c2cc(C(C)(C)S(C)(=O)=O)cc3cccnc23)c1)c1ccc(S(C)(=O)=O)cc1. The van der Waals surface area contributed by atoms with Crippen LogP contribution in [0.5, 0.6) is 5.75 Å². The van der Waals surface area contributed by atoms with Gasteiger partial charge >= 0.3 is 0 Å². The second kappa shape index (κ2) is 10.0. The summed E-state index contributed by atoms with van der Waals surface area (Å²) < 4.78 is 54.2. The zero-order chi connectivity index (χ0) is 28.8. The van der Waals surface area contributed by atoms with Gasteiger partial charge in [0.05, 0.1) is 15.2 Å². The Morgan fingerprint density at radius 2 is 1.51 bits per heavy atom. The molecule has 0 aliphatic rings. The van der Waals surface area contributed by atoms with E-state index in [1.165, 1.54) is 18.4 Å². The highest BCUT2D eigenvalue weighted by Gasteiger charge is 2.34. The Labute approximate surface area is 230 Å². The Kier molecular flexibility index (Phi) is 7.40. The van der Waals surface area contributed by atoms with Gasteiger partial charge in [0.1, 0.15) is 11.4 Å². The van der Waals surface area contributed by atoms with Crippen molar-refractivity contribution in [3.63, 3.8) is 0 Å². The van der Waals surface area contributed by atoms with Gasteiger partial charge in [-0.1, -0.05) is 30.3 Å². The van der Waals surface area contributed by atoms with Crippen molar-refractivity contribution >= 4 is 30.6 Å². The lowest BCUT2D eigenvalue weighted by atomic mass is 9.93. The van der Waals surface area contributed by atoms with E-state index >= 15 is 0 Å². The van der Waals surface area contributed by atoms with Crippen LogP contribution < -0.4 is 4.74 Å². The van der Waals surface area contributed by atoms with E-state index in [1.807, 2.05) is 42.5 Å². The second-order valence-electron chi connectivity index (χ2n) is 10.9. The van der Waals surface area contributed by atoms with Crippen LogP contribution in [0.1, 0.15) is 44.9 Å². The molecule has 7 nitrogen and oxygen atoms in total. The fourth-order valence-electron chi connectivity index (χ4n) is 4.36. The van der Waals surface area contributed by atoms with E-state index in [0.29, 0.717) is 16.9 Å². The van der Waals surface area contributed by atoms with Gasteiger partial charge in [0.15, 0.2) is 25.8 Å². The Balaban J connectivity index is 1.80. The van der Waals surface area contributed by atoms with Gasteiger partial charge < -0.3 is 9.84 Å². The van der Waals surface area contributed by atoms with E-state index in [-0.39, 0.29) is 4.90 Å². The normalized spacial score (nSPS) is 13.8. The first-order valence-corrected chi connectivity index (χ1v) is 16.1. The zero-order valence-electron chi connectivity index (χ0n) is 22.8. The molecule has 0 fully saturated rings. The summed E-state index contributed by atoms with van der Waals surface area (Å²) in [5.74, 6) is 0.476. The number of nitrogens with zero attached hydrogens (tertiary/aromatic N) is 1. The molecule has 9 heteroatoms. The monoisotopic (exact) mass is 567 g/mol. The quantitative estimate of drug-likeness (QED) is 0.300. The molecular weight excluding hydrogens is 534 g/mol. The first kappa shape index (κ1) is 28.7. The third-order valence-electron chi connectivity index (χ3n) is 6.98. The van der Waals surface area contributed by atoms with E-state index in [9.17, 15) is 21.9 Å². The van der Waals surface area contributed by atoms with Crippen molar-refractivity contribution in [2.45, 2.75) is 49.0 Å². The standard InChI is InChI=1S/C30H33NO6S2/c1-29(2,32)28(20-12-14-25(15-13-20)38(5,33)34)37-24-11-7-9-21(18-24)26-19-23(30(3,4)39(6,35)36)17-22-10-8-16-31-27(22)26/h7-19,28,32H,1-6H3. The number of hydrogen-bond donors (Lipinski definition) is 1. The van der Waals surface area contributed by atoms with Crippen LogP contribution in [0.15, 0.2) is 83.9 Å². The third-order valence-corrected chi connectivity index (χ3v) is 10.2. The van der Waals surface area contributed by atoms with Gasteiger partial charge in [0.2, 0.25) is 0 Å². The lowest BCUT2D eigenvalue weighted by Crippen LogP contribution is -2.33. The molecule has 0 aliphatic heterocycles. The number of aromatic nitrogens is 1. The Hall–Kier alpha value is -3.27. The maximum Gasteiger partial charge on any atom is 0.175 e. The predicted molar refractivity (Wildman–Crippen MR) is 154 cm³/mol. The minimum atomic E-state index is -3.42. The van der Waals surface area contributed by atoms with Crippen molar-refractivity contribution < 1.29 is 26.7 Å². The molecule has 1 aromatic heterocycles. The average Bonchev–Trinajstić information content (AvgIpc) is 2.85. The molecule has 0 amide bonds. The van der Waals surface area contributed by atoms with E-state index in [2.05, 4.69) is 4.98 Å². The molecule has 0 saturated heterocycles. The molecule has 39 heavy (non-hydrogen) atoms. The molecule has 1 unspecified atom stereocenters. The van der Waals surface area contributed by atoms with Crippen molar-refractivity contribution in [3.8, 4) is 16.9 Å². The predicted octanol–water partition coefficient (Wildman–Crippen LogP) is 5.48. The van der Waals surface area contributed by atoms with Crippen LogP contribution in [0.3, 0.4) is 0 Å². The van der Waals surface area contributed by atoms with Crippen molar-refractivity contribution in [2.24, 2.45) is 0 Å². The second-order valence-corrected chi connectivity index (χ2v) is 15.5. The summed E-state index contributed by atoms with van der Waals surface area (Å²) in [6.45, 7) is 6.62. The summed E-state index contributed by atoms with van der Waals surface area (Å²) in [6, 6.07) is 21.0. The van der Waals surface area contributed by atoms with Crippen molar-refractivity contribution in [1.82, 2.24) is 4.98 Å². The van der Waals surface area contributed by atoms with Gasteiger partial charge in [-0.3, -0.25) is 4.98 Å². The van der Waals surface area contributed by atoms with Crippen LogP contribution in [0.4, 0.5) is 0 Å². The molecule has 1 heterocycles. The molecule has 0 aliphatic carbocycles. The Bertz CT molecular complexity index is 1740. The van der Waals surface area contributed by atoms with Gasteiger partial charge in [0, 0.05) is 29.7 Å². The fraction of sp³-hybridized carbons (Fsp3) is 0.300. The molecule has 4 aromatic rings. The topological polar surface area (TPSA) is 111 Å². The van der Waals surface area contributed by atoms with Gasteiger partial charge in [-0.2, -0.15) is 0 Å². The van der Waals surface area contributed by atoms with Gasteiger partial charge in [-0.25, -0.2) is 16.8 Å². The molecule has 4 rings (SSSR count). The lowest BCUT2D eigenvalue weighted by molar-refractivity contribution is -0.0354. The summed E-state index contributed by atoms with van der Waals surface area (Å²) in [6.07, 6.45) is 3.26. The maximum absolute atomic E-state index is 12.6. The third kappa shape index (κ3) is 6.00. The van der Waals surface area contributed by atoms with Gasteiger partial charge in [0.25, 0.3) is 0 Å². The lowest BCUT2D eigenvalue weighted by Gasteiger charge is -2.30. The highest BCUT2D eigenvalue weighted by molar-refractivity contribution is 7.91. The summed E-state index contributed by atoms with van der Waals surface area (Å²) >= 11 is 0. The number of ether oxygens (including phenoxy) is 1. The molecule has 1 N–H and O–H groups in total. The molecule has 0 radical (unpaired) electrons. The summed E-state index contributed by atoms with van der Waals surface area (Å²) in [5, 5.41) is 11.8. The van der Waals surface area contributed by atoms with E-state index in [0.717, 1.165) is 28.3 Å². The smallest absolute Gasteiger partial charge is 0.175 e. The number of rotatable bonds is 8. The first-order chi connectivity index (χ1) is 18.0.